The molecule has 0 spiro atoms. The van der Waals surface area contributed by atoms with Crippen molar-refractivity contribution < 1.29 is 9.59 Å². The van der Waals surface area contributed by atoms with Crippen LogP contribution >= 0.6 is 0 Å². The Kier molecular flexibility index (Phi) is 5.93. The molecule has 5 N–H and O–H groups in total. The molecular formula is C11H22N4O2. The van der Waals surface area contributed by atoms with Crippen LogP contribution in [0.25, 0.3) is 0 Å². The van der Waals surface area contributed by atoms with Gasteiger partial charge in [0.1, 0.15) is 0 Å². The zero-order valence-corrected chi connectivity index (χ0v) is 10.2. The molecule has 6 heteroatoms. The van der Waals surface area contributed by atoms with Gasteiger partial charge < -0.3 is 16.8 Å². The summed E-state index contributed by atoms with van der Waals surface area (Å²) in [6.45, 7) is 3.02. The predicted octanol–water partition coefficient (Wildman–Crippen LogP) is -1.35. The van der Waals surface area contributed by atoms with Crippen molar-refractivity contribution in [2.75, 3.05) is 32.7 Å². The maximum atomic E-state index is 10.9. The Labute approximate surface area is 102 Å². The van der Waals surface area contributed by atoms with Crippen molar-refractivity contribution >= 4 is 11.8 Å². The Hall–Kier alpha value is -1.14. The molecule has 0 radical (unpaired) electrons. The van der Waals surface area contributed by atoms with Gasteiger partial charge in [-0.3, -0.25) is 14.5 Å². The number of amides is 2. The quantitative estimate of drug-likeness (QED) is 0.513. The van der Waals surface area contributed by atoms with E-state index in [0.717, 1.165) is 32.4 Å². The highest BCUT2D eigenvalue weighted by Gasteiger charge is 2.16. The summed E-state index contributed by atoms with van der Waals surface area (Å²) in [6.07, 6.45) is 3.30. The summed E-state index contributed by atoms with van der Waals surface area (Å²) in [5, 5.41) is 3.30. The average Bonchev–Trinajstić information content (AvgIpc) is 2.26. The molecule has 0 aliphatic carbocycles. The number of hydrogen-bond donors (Lipinski definition) is 3. The fourth-order valence-electron chi connectivity index (χ4n) is 2.19. The summed E-state index contributed by atoms with van der Waals surface area (Å²) in [4.78, 5) is 23.5. The van der Waals surface area contributed by atoms with E-state index in [1.54, 1.807) is 4.90 Å². The highest BCUT2D eigenvalue weighted by Crippen LogP contribution is 2.16. The van der Waals surface area contributed by atoms with Gasteiger partial charge in [-0.15, -0.1) is 0 Å². The first-order valence-corrected chi connectivity index (χ1v) is 6.07. The van der Waals surface area contributed by atoms with Crippen molar-refractivity contribution in [3.05, 3.63) is 0 Å². The van der Waals surface area contributed by atoms with E-state index >= 15 is 0 Å². The molecule has 1 fully saturated rings. The number of nitrogens with zero attached hydrogens (tertiary/aromatic N) is 1. The van der Waals surface area contributed by atoms with Gasteiger partial charge >= 0.3 is 0 Å². The molecule has 0 aromatic heterocycles. The monoisotopic (exact) mass is 242 g/mol. The number of primary amides is 2. The van der Waals surface area contributed by atoms with Gasteiger partial charge in [-0.2, -0.15) is 0 Å². The molecule has 1 aliphatic heterocycles. The molecule has 0 aromatic rings. The largest absolute Gasteiger partial charge is 0.369 e. The van der Waals surface area contributed by atoms with Crippen LogP contribution in [0.2, 0.25) is 0 Å². The number of piperidine rings is 1. The zero-order valence-electron chi connectivity index (χ0n) is 10.2. The minimum Gasteiger partial charge on any atom is -0.369 e. The van der Waals surface area contributed by atoms with Crippen LogP contribution < -0.4 is 16.8 Å². The van der Waals surface area contributed by atoms with E-state index in [4.69, 9.17) is 11.5 Å². The molecule has 0 atom stereocenters. The molecule has 98 valence electrons. The van der Waals surface area contributed by atoms with Gasteiger partial charge in [-0.25, -0.2) is 0 Å². The highest BCUT2D eigenvalue weighted by molar-refractivity contribution is 5.79. The van der Waals surface area contributed by atoms with Crippen molar-refractivity contribution in [2.45, 2.75) is 19.3 Å². The second-order valence-electron chi connectivity index (χ2n) is 4.63. The standard InChI is InChI=1S/C11H22N4O2/c12-10(16)7-15(8-11(13)17)6-3-9-1-4-14-5-2-9/h9,14H,1-8H2,(H2,12,16)(H2,13,17). The Bertz CT molecular complexity index is 248. The van der Waals surface area contributed by atoms with Crippen molar-refractivity contribution in [1.82, 2.24) is 10.2 Å². The Morgan fingerprint density at radius 3 is 2.12 bits per heavy atom. The molecule has 0 bridgehead atoms. The molecule has 1 rings (SSSR count). The van der Waals surface area contributed by atoms with Crippen molar-refractivity contribution in [3.8, 4) is 0 Å². The number of carbonyl (C=O) groups excluding carboxylic acids is 2. The maximum Gasteiger partial charge on any atom is 0.231 e. The summed E-state index contributed by atoms with van der Waals surface area (Å²) in [6, 6.07) is 0. The Morgan fingerprint density at radius 2 is 1.65 bits per heavy atom. The minimum absolute atomic E-state index is 0.105. The van der Waals surface area contributed by atoms with Gasteiger partial charge in [0.05, 0.1) is 13.1 Å². The zero-order chi connectivity index (χ0) is 12.7. The molecule has 6 nitrogen and oxygen atoms in total. The fourth-order valence-corrected chi connectivity index (χ4v) is 2.19. The second-order valence-corrected chi connectivity index (χ2v) is 4.63. The lowest BCUT2D eigenvalue weighted by molar-refractivity contribution is -0.122. The summed E-state index contributed by atoms with van der Waals surface area (Å²) >= 11 is 0. The molecule has 1 saturated heterocycles. The molecule has 0 saturated carbocycles. The predicted molar refractivity (Wildman–Crippen MR) is 65.0 cm³/mol. The molecule has 1 heterocycles. The van der Waals surface area contributed by atoms with Crippen LogP contribution in [0.4, 0.5) is 0 Å². The molecule has 17 heavy (non-hydrogen) atoms. The third kappa shape index (κ3) is 6.23. The number of nitrogens with one attached hydrogen (secondary N) is 1. The third-order valence-electron chi connectivity index (χ3n) is 3.07. The average molecular weight is 242 g/mol. The maximum absolute atomic E-state index is 10.9. The number of rotatable bonds is 7. The summed E-state index contributed by atoms with van der Waals surface area (Å²) in [7, 11) is 0. The first-order chi connectivity index (χ1) is 8.08. The SMILES string of the molecule is NC(=O)CN(CCC1CCNCC1)CC(N)=O. The van der Waals surface area contributed by atoms with Gasteiger partial charge in [0.15, 0.2) is 0 Å². The van der Waals surface area contributed by atoms with Crippen LogP contribution in [0, 0.1) is 5.92 Å². The van der Waals surface area contributed by atoms with Crippen LogP contribution in [-0.2, 0) is 9.59 Å². The molecule has 0 aromatic carbocycles. The second kappa shape index (κ2) is 7.24. The van der Waals surface area contributed by atoms with E-state index < -0.39 is 11.8 Å². The number of carbonyl (C=O) groups is 2. The topological polar surface area (TPSA) is 101 Å². The molecule has 1 aliphatic rings. The smallest absolute Gasteiger partial charge is 0.231 e. The normalized spacial score (nSPS) is 17.2. The number of hydrogen-bond acceptors (Lipinski definition) is 4. The summed E-state index contributed by atoms with van der Waals surface area (Å²) in [5.74, 6) is -0.173. The minimum atomic E-state index is -0.420. The van der Waals surface area contributed by atoms with Crippen molar-refractivity contribution in [2.24, 2.45) is 17.4 Å². The Balaban J connectivity index is 2.31. The highest BCUT2D eigenvalue weighted by atomic mass is 16.2. The van der Waals surface area contributed by atoms with E-state index in [9.17, 15) is 9.59 Å². The van der Waals surface area contributed by atoms with Gasteiger partial charge in [0, 0.05) is 0 Å². The summed E-state index contributed by atoms with van der Waals surface area (Å²) in [5.41, 5.74) is 10.3. The van der Waals surface area contributed by atoms with E-state index in [0.29, 0.717) is 12.5 Å². The van der Waals surface area contributed by atoms with E-state index in [1.165, 1.54) is 0 Å². The fraction of sp³-hybridized carbons (Fsp3) is 0.818. The van der Waals surface area contributed by atoms with Gasteiger partial charge in [-0.1, -0.05) is 0 Å². The van der Waals surface area contributed by atoms with Crippen molar-refractivity contribution in [3.63, 3.8) is 0 Å². The van der Waals surface area contributed by atoms with E-state index in [2.05, 4.69) is 5.32 Å². The van der Waals surface area contributed by atoms with Crippen LogP contribution in [0.5, 0.6) is 0 Å². The van der Waals surface area contributed by atoms with Crippen LogP contribution in [0.15, 0.2) is 0 Å². The molecule has 0 unspecified atom stereocenters. The first kappa shape index (κ1) is 13.9. The van der Waals surface area contributed by atoms with Crippen LogP contribution in [0.1, 0.15) is 19.3 Å². The lowest BCUT2D eigenvalue weighted by Crippen LogP contribution is -2.41. The third-order valence-corrected chi connectivity index (χ3v) is 3.07. The van der Waals surface area contributed by atoms with E-state index in [1.807, 2.05) is 0 Å². The summed E-state index contributed by atoms with van der Waals surface area (Å²) < 4.78 is 0. The molecular weight excluding hydrogens is 220 g/mol. The van der Waals surface area contributed by atoms with Gasteiger partial charge in [0.2, 0.25) is 11.8 Å². The van der Waals surface area contributed by atoms with Gasteiger partial charge in [0.25, 0.3) is 0 Å². The van der Waals surface area contributed by atoms with E-state index in [-0.39, 0.29) is 13.1 Å². The lowest BCUT2D eigenvalue weighted by atomic mass is 9.94. The Morgan fingerprint density at radius 1 is 1.12 bits per heavy atom. The first-order valence-electron chi connectivity index (χ1n) is 6.07. The van der Waals surface area contributed by atoms with Crippen LogP contribution in [0.3, 0.4) is 0 Å². The lowest BCUT2D eigenvalue weighted by Gasteiger charge is -2.26. The van der Waals surface area contributed by atoms with Crippen molar-refractivity contribution in [1.29, 1.82) is 0 Å². The molecule has 2 amide bonds. The van der Waals surface area contributed by atoms with Crippen LogP contribution in [-0.4, -0.2) is 49.4 Å². The van der Waals surface area contributed by atoms with Gasteiger partial charge in [-0.05, 0) is 44.8 Å². The number of nitrogens with two attached hydrogens (primary N) is 2.